The molecule has 0 aromatic heterocycles. The second-order valence-corrected chi connectivity index (χ2v) is 8.90. The maximum absolute atomic E-state index is 13.2. The first-order chi connectivity index (χ1) is 15.3. The van der Waals surface area contributed by atoms with E-state index in [2.05, 4.69) is 60.7 Å². The van der Waals surface area contributed by atoms with Crippen molar-refractivity contribution in [3.63, 3.8) is 0 Å². The number of amides is 1. The Morgan fingerprint density at radius 2 is 1.77 bits per heavy atom. The minimum absolute atomic E-state index is 0.0954. The lowest BCUT2D eigenvalue weighted by Crippen LogP contribution is -2.52. The molecule has 4 nitrogen and oxygen atoms in total. The highest BCUT2D eigenvalue weighted by Crippen LogP contribution is 2.44. The van der Waals surface area contributed by atoms with Crippen molar-refractivity contribution in [3.05, 3.63) is 71.3 Å². The summed E-state index contributed by atoms with van der Waals surface area (Å²) in [6.45, 7) is 0.377. The minimum atomic E-state index is -0.177. The van der Waals surface area contributed by atoms with Gasteiger partial charge < -0.3 is 4.74 Å². The molecule has 1 saturated heterocycles. The van der Waals surface area contributed by atoms with Gasteiger partial charge in [0.25, 0.3) is 0 Å². The Morgan fingerprint density at radius 1 is 1.06 bits per heavy atom. The van der Waals surface area contributed by atoms with Crippen LogP contribution in [0.2, 0.25) is 0 Å². The predicted octanol–water partition coefficient (Wildman–Crippen LogP) is 6.18. The van der Waals surface area contributed by atoms with Crippen molar-refractivity contribution < 1.29 is 9.53 Å². The first-order valence-corrected chi connectivity index (χ1v) is 11.5. The Hall–Kier alpha value is -3.06. The molecule has 2 unspecified atom stereocenters. The molecule has 1 aliphatic carbocycles. The molecule has 2 heterocycles. The van der Waals surface area contributed by atoms with Gasteiger partial charge in [0.1, 0.15) is 6.61 Å². The van der Waals surface area contributed by atoms with E-state index in [1.165, 1.54) is 27.8 Å². The van der Waals surface area contributed by atoms with Crippen LogP contribution < -0.4 is 0 Å². The average molecular weight is 413 g/mol. The molecule has 0 N–H and O–H groups in total. The summed E-state index contributed by atoms with van der Waals surface area (Å²) < 4.78 is 5.96. The number of ether oxygens (including phenoxy) is 1. The molecule has 2 aromatic rings. The van der Waals surface area contributed by atoms with Crippen molar-refractivity contribution in [1.29, 1.82) is 5.26 Å². The maximum atomic E-state index is 13.2. The van der Waals surface area contributed by atoms with Crippen LogP contribution in [-0.2, 0) is 4.74 Å². The molecule has 31 heavy (non-hydrogen) atoms. The molecule has 5 rings (SSSR count). The fourth-order valence-corrected chi connectivity index (χ4v) is 5.65. The smallest absolute Gasteiger partial charge is 0.410 e. The summed E-state index contributed by atoms with van der Waals surface area (Å²) in [7, 11) is 0. The molecule has 2 aromatic carbocycles. The number of carbonyl (C=O) groups is 1. The summed E-state index contributed by atoms with van der Waals surface area (Å²) in [5.74, 6) is 0.0954. The van der Waals surface area contributed by atoms with Gasteiger partial charge in [0.05, 0.1) is 12.1 Å². The predicted molar refractivity (Wildman–Crippen MR) is 120 cm³/mol. The van der Waals surface area contributed by atoms with Crippen LogP contribution in [0.5, 0.6) is 0 Å². The van der Waals surface area contributed by atoms with Crippen LogP contribution in [0.4, 0.5) is 4.79 Å². The molecule has 0 saturated carbocycles. The lowest BCUT2D eigenvalue weighted by molar-refractivity contribution is 0.0507. The molecule has 2 bridgehead atoms. The lowest BCUT2D eigenvalue weighted by Gasteiger charge is -2.44. The Labute approximate surface area is 184 Å². The van der Waals surface area contributed by atoms with E-state index < -0.39 is 0 Å². The third kappa shape index (κ3) is 3.74. The number of hydrogen-bond donors (Lipinski definition) is 0. The third-order valence-corrected chi connectivity index (χ3v) is 7.05. The first kappa shape index (κ1) is 19.9. The zero-order valence-corrected chi connectivity index (χ0v) is 17.8. The van der Waals surface area contributed by atoms with E-state index in [0.29, 0.717) is 13.0 Å². The van der Waals surface area contributed by atoms with Gasteiger partial charge in [-0.05, 0) is 60.8 Å². The quantitative estimate of drug-likeness (QED) is 0.435. The molecule has 2 aliphatic heterocycles. The van der Waals surface area contributed by atoms with Crippen LogP contribution in [0.15, 0.2) is 60.2 Å². The summed E-state index contributed by atoms with van der Waals surface area (Å²) in [5, 5.41) is 8.80. The Kier molecular flexibility index (Phi) is 5.51. The number of piperidine rings is 1. The van der Waals surface area contributed by atoms with E-state index in [1.54, 1.807) is 0 Å². The number of benzene rings is 2. The van der Waals surface area contributed by atoms with Crippen LogP contribution in [-0.4, -0.2) is 29.7 Å². The molecule has 4 heteroatoms. The molecule has 158 valence electrons. The lowest BCUT2D eigenvalue weighted by atomic mass is 9.84. The van der Waals surface area contributed by atoms with E-state index in [1.807, 2.05) is 4.90 Å². The van der Waals surface area contributed by atoms with Crippen molar-refractivity contribution in [2.45, 2.75) is 62.9 Å². The summed E-state index contributed by atoms with van der Waals surface area (Å²) >= 11 is 0. The van der Waals surface area contributed by atoms with Gasteiger partial charge in [0, 0.05) is 18.4 Å². The number of unbranched alkanes of at least 4 members (excludes halogenated alkanes) is 1. The number of nitrogens with zero attached hydrogens (tertiary/aromatic N) is 2. The van der Waals surface area contributed by atoms with Gasteiger partial charge in [0.15, 0.2) is 0 Å². The second kappa shape index (κ2) is 8.59. The first-order valence-electron chi connectivity index (χ1n) is 11.5. The summed E-state index contributed by atoms with van der Waals surface area (Å²) in [4.78, 5) is 15.2. The summed E-state index contributed by atoms with van der Waals surface area (Å²) in [6.07, 6.45) is 8.70. The standard InChI is InChI=1S/C27H28N2O2/c28-15-6-5-8-19-16-20-9-7-10-21(17-19)29(20)27(30)31-18-26-24-13-3-1-11-22(24)23-12-2-4-14-25(23)26/h1-4,11-14,16,20-21,26H,5-10,17-18H2. The van der Waals surface area contributed by atoms with E-state index in [0.717, 1.165) is 38.5 Å². The van der Waals surface area contributed by atoms with Crippen LogP contribution in [0.1, 0.15) is 62.0 Å². The SMILES string of the molecule is N#CCCCC1=CC2CCCC(C1)N2C(=O)OCC1c2ccccc2-c2ccccc21. The molecule has 3 aliphatic rings. The zero-order chi connectivity index (χ0) is 21.2. The van der Waals surface area contributed by atoms with Gasteiger partial charge in [-0.25, -0.2) is 4.79 Å². The molecule has 0 spiro atoms. The van der Waals surface area contributed by atoms with Crippen LogP contribution >= 0.6 is 0 Å². The third-order valence-electron chi connectivity index (χ3n) is 7.05. The normalized spacial score (nSPS) is 21.6. The van der Waals surface area contributed by atoms with E-state index in [9.17, 15) is 4.79 Å². The number of carbonyl (C=O) groups excluding carboxylic acids is 1. The van der Waals surface area contributed by atoms with Gasteiger partial charge in [-0.15, -0.1) is 0 Å². The number of rotatable bonds is 5. The molecular weight excluding hydrogens is 384 g/mol. The van der Waals surface area contributed by atoms with Crippen LogP contribution in [0, 0.1) is 11.3 Å². The van der Waals surface area contributed by atoms with Gasteiger partial charge >= 0.3 is 6.09 Å². The molecule has 2 atom stereocenters. The molecule has 1 amide bonds. The fourth-order valence-electron chi connectivity index (χ4n) is 5.65. The highest BCUT2D eigenvalue weighted by Gasteiger charge is 2.38. The van der Waals surface area contributed by atoms with E-state index >= 15 is 0 Å². The largest absolute Gasteiger partial charge is 0.448 e. The van der Waals surface area contributed by atoms with Crippen molar-refractivity contribution in [2.24, 2.45) is 0 Å². The van der Waals surface area contributed by atoms with Crippen LogP contribution in [0.25, 0.3) is 11.1 Å². The fraction of sp³-hybridized carbons (Fsp3) is 0.407. The van der Waals surface area contributed by atoms with Crippen molar-refractivity contribution in [1.82, 2.24) is 4.90 Å². The van der Waals surface area contributed by atoms with Crippen molar-refractivity contribution in [3.8, 4) is 17.2 Å². The number of fused-ring (bicyclic) bond motifs is 5. The number of hydrogen-bond acceptors (Lipinski definition) is 3. The average Bonchev–Trinajstić information content (AvgIpc) is 3.11. The van der Waals surface area contributed by atoms with Gasteiger partial charge in [-0.2, -0.15) is 5.26 Å². The Bertz CT molecular complexity index is 1010. The molecule has 0 radical (unpaired) electrons. The number of nitriles is 1. The summed E-state index contributed by atoms with van der Waals surface area (Å²) in [5.41, 5.74) is 6.40. The second-order valence-electron chi connectivity index (χ2n) is 8.90. The van der Waals surface area contributed by atoms with Gasteiger partial charge in [-0.3, -0.25) is 4.90 Å². The van der Waals surface area contributed by atoms with Crippen LogP contribution in [0.3, 0.4) is 0 Å². The van der Waals surface area contributed by atoms with Gasteiger partial charge in [0.2, 0.25) is 0 Å². The van der Waals surface area contributed by atoms with Crippen molar-refractivity contribution >= 4 is 6.09 Å². The van der Waals surface area contributed by atoms with Gasteiger partial charge in [-0.1, -0.05) is 60.2 Å². The van der Waals surface area contributed by atoms with Crippen molar-refractivity contribution in [2.75, 3.05) is 6.61 Å². The minimum Gasteiger partial charge on any atom is -0.448 e. The Balaban J connectivity index is 1.30. The highest BCUT2D eigenvalue weighted by molar-refractivity contribution is 5.79. The topological polar surface area (TPSA) is 53.3 Å². The highest BCUT2D eigenvalue weighted by atomic mass is 16.6. The summed E-state index contributed by atoms with van der Waals surface area (Å²) in [6, 6.07) is 19.5. The zero-order valence-electron chi connectivity index (χ0n) is 17.8. The maximum Gasteiger partial charge on any atom is 0.410 e. The monoisotopic (exact) mass is 412 g/mol. The van der Waals surface area contributed by atoms with E-state index in [4.69, 9.17) is 10.00 Å². The Morgan fingerprint density at radius 3 is 2.45 bits per heavy atom. The van der Waals surface area contributed by atoms with E-state index in [-0.39, 0.29) is 24.1 Å². The molecule has 1 fully saturated rings. The molecular formula is C27H28N2O2.